The predicted octanol–water partition coefficient (Wildman–Crippen LogP) is 4.24. The van der Waals surface area contributed by atoms with Crippen molar-refractivity contribution in [3.05, 3.63) is 24.2 Å². The molecule has 0 aromatic carbocycles. The second-order valence-electron chi connectivity index (χ2n) is 8.93. The number of carboxylic acid groups (broad SMARTS) is 2. The molecular weight excluding hydrogens is 474 g/mol. The van der Waals surface area contributed by atoms with Crippen LogP contribution in [0.15, 0.2) is 22.8 Å². The van der Waals surface area contributed by atoms with Crippen molar-refractivity contribution in [2.45, 2.75) is 51.0 Å². The molecule has 13 heteroatoms. The molecular formula is C21H28F6N2O5. The van der Waals surface area contributed by atoms with Crippen LogP contribution in [0.25, 0.3) is 0 Å². The first-order chi connectivity index (χ1) is 15.7. The fourth-order valence-electron chi connectivity index (χ4n) is 4.25. The summed E-state index contributed by atoms with van der Waals surface area (Å²) in [7, 11) is 0. The highest BCUT2D eigenvalue weighted by molar-refractivity contribution is 5.73. The molecule has 194 valence electrons. The fraction of sp³-hybridized carbons (Fsp3) is 0.714. The van der Waals surface area contributed by atoms with Gasteiger partial charge in [0.15, 0.2) is 0 Å². The lowest BCUT2D eigenvalue weighted by atomic mass is 9.79. The molecule has 7 nitrogen and oxygen atoms in total. The molecule has 34 heavy (non-hydrogen) atoms. The molecule has 1 atom stereocenters. The van der Waals surface area contributed by atoms with Gasteiger partial charge < -0.3 is 19.5 Å². The summed E-state index contributed by atoms with van der Waals surface area (Å²) in [6.45, 7) is 7.58. The largest absolute Gasteiger partial charge is 0.490 e. The second-order valence-corrected chi connectivity index (χ2v) is 8.93. The molecule has 1 aromatic heterocycles. The van der Waals surface area contributed by atoms with Crippen molar-refractivity contribution in [2.75, 3.05) is 32.7 Å². The van der Waals surface area contributed by atoms with Gasteiger partial charge in [0, 0.05) is 19.6 Å². The van der Waals surface area contributed by atoms with Crippen molar-refractivity contribution in [3.63, 3.8) is 0 Å². The summed E-state index contributed by atoms with van der Waals surface area (Å²) in [5, 5.41) is 14.2. The molecule has 4 rings (SSSR count). The summed E-state index contributed by atoms with van der Waals surface area (Å²) in [4.78, 5) is 23.1. The normalized spacial score (nSPS) is 23.6. The number of nitrogens with zero attached hydrogens (tertiary/aromatic N) is 2. The van der Waals surface area contributed by atoms with E-state index in [0.717, 1.165) is 18.2 Å². The van der Waals surface area contributed by atoms with Crippen LogP contribution >= 0.6 is 0 Å². The Morgan fingerprint density at radius 1 is 0.971 bits per heavy atom. The lowest BCUT2D eigenvalue weighted by Crippen LogP contribution is -2.45. The van der Waals surface area contributed by atoms with Crippen LogP contribution in [0.3, 0.4) is 0 Å². The van der Waals surface area contributed by atoms with E-state index in [1.165, 1.54) is 64.8 Å². The summed E-state index contributed by atoms with van der Waals surface area (Å²) >= 11 is 0. The van der Waals surface area contributed by atoms with Crippen LogP contribution in [-0.2, 0) is 16.1 Å². The molecule has 0 amide bonds. The average molecular weight is 502 g/mol. The number of furan rings is 1. The van der Waals surface area contributed by atoms with E-state index in [2.05, 4.69) is 15.9 Å². The second kappa shape index (κ2) is 11.4. The van der Waals surface area contributed by atoms with Crippen molar-refractivity contribution < 1.29 is 50.6 Å². The molecule has 1 saturated carbocycles. The Morgan fingerprint density at radius 3 is 2.00 bits per heavy atom. The van der Waals surface area contributed by atoms with Crippen LogP contribution in [-0.4, -0.2) is 77.0 Å². The summed E-state index contributed by atoms with van der Waals surface area (Å²) in [5.74, 6) is -3.36. The lowest BCUT2D eigenvalue weighted by molar-refractivity contribution is -0.193. The molecule has 0 bridgehead atoms. The summed E-state index contributed by atoms with van der Waals surface area (Å²) in [5.41, 5.74) is 0.583. The van der Waals surface area contributed by atoms with Crippen LogP contribution in [0.4, 0.5) is 26.3 Å². The Morgan fingerprint density at radius 2 is 1.53 bits per heavy atom. The van der Waals surface area contributed by atoms with Gasteiger partial charge in [0.1, 0.15) is 5.76 Å². The smallest absolute Gasteiger partial charge is 0.475 e. The molecule has 3 aliphatic rings. The number of carboxylic acids is 2. The Labute approximate surface area is 192 Å². The molecule has 2 saturated heterocycles. The third-order valence-electron chi connectivity index (χ3n) is 5.92. The number of halogens is 6. The van der Waals surface area contributed by atoms with Crippen LogP contribution < -0.4 is 0 Å². The number of alkyl halides is 6. The van der Waals surface area contributed by atoms with E-state index in [0.29, 0.717) is 5.41 Å². The Hall–Kier alpha value is -2.28. The molecule has 1 spiro atoms. The first-order valence-electron chi connectivity index (χ1n) is 10.8. The van der Waals surface area contributed by atoms with Crippen LogP contribution in [0.2, 0.25) is 0 Å². The van der Waals surface area contributed by atoms with Gasteiger partial charge in [0.25, 0.3) is 0 Å². The monoisotopic (exact) mass is 502 g/mol. The Balaban J connectivity index is 0.000000244. The molecule has 3 heterocycles. The van der Waals surface area contributed by atoms with Crippen molar-refractivity contribution >= 4 is 11.9 Å². The average Bonchev–Trinajstić information content (AvgIpc) is 3.22. The van der Waals surface area contributed by atoms with Crippen molar-refractivity contribution in [3.8, 4) is 0 Å². The van der Waals surface area contributed by atoms with E-state index in [4.69, 9.17) is 24.2 Å². The zero-order valence-corrected chi connectivity index (χ0v) is 18.4. The molecule has 1 aliphatic carbocycles. The number of carbonyl (C=O) groups is 2. The van der Waals surface area contributed by atoms with Gasteiger partial charge in [-0.1, -0.05) is 0 Å². The highest BCUT2D eigenvalue weighted by Crippen LogP contribution is 2.41. The molecule has 1 unspecified atom stereocenters. The maximum Gasteiger partial charge on any atom is 0.490 e. The van der Waals surface area contributed by atoms with Gasteiger partial charge in [-0.25, -0.2) is 9.59 Å². The van der Waals surface area contributed by atoms with Crippen LogP contribution in [0.1, 0.15) is 37.9 Å². The van der Waals surface area contributed by atoms with Gasteiger partial charge in [-0.2, -0.15) is 26.3 Å². The third-order valence-corrected chi connectivity index (χ3v) is 5.92. The lowest BCUT2D eigenvalue weighted by Gasteiger charge is -2.40. The van der Waals surface area contributed by atoms with E-state index in [9.17, 15) is 26.3 Å². The number of hydrogen-bond acceptors (Lipinski definition) is 5. The quantitative estimate of drug-likeness (QED) is 0.595. The first kappa shape index (κ1) is 28.0. The first-order valence-corrected chi connectivity index (χ1v) is 10.8. The standard InChI is InChI=1S/C17H26N2O.2C2HF3O2/c1-3-16(20-10-1)12-19-9-7-17(14-19)6-2-8-18(13-17)11-15-4-5-15;2*3-2(4,5)1(6)7/h1,3,10,15H,2,4-9,11-14H2;2*(H,6,7). The number of rotatable bonds is 4. The minimum absolute atomic E-state index is 0.583. The van der Waals surface area contributed by atoms with Crippen LogP contribution in [0.5, 0.6) is 0 Å². The third kappa shape index (κ3) is 9.53. The van der Waals surface area contributed by atoms with Gasteiger partial charge in [-0.3, -0.25) is 4.90 Å². The molecule has 1 aromatic rings. The summed E-state index contributed by atoms with van der Waals surface area (Å²) in [6.07, 6.45) is -1.19. The van der Waals surface area contributed by atoms with E-state index < -0.39 is 24.3 Å². The van der Waals surface area contributed by atoms with E-state index in [1.807, 2.05) is 6.07 Å². The van der Waals surface area contributed by atoms with E-state index in [-0.39, 0.29) is 0 Å². The summed E-state index contributed by atoms with van der Waals surface area (Å²) < 4.78 is 69.0. The van der Waals surface area contributed by atoms with Crippen molar-refractivity contribution in [1.82, 2.24) is 9.80 Å². The predicted molar refractivity (Wildman–Crippen MR) is 107 cm³/mol. The number of likely N-dealkylation sites (tertiary alicyclic amines) is 2. The minimum atomic E-state index is -5.08. The number of hydrogen-bond donors (Lipinski definition) is 2. The molecule has 0 radical (unpaired) electrons. The Bertz CT molecular complexity index is 771. The van der Waals surface area contributed by atoms with Gasteiger partial charge in [-0.05, 0) is 68.7 Å². The van der Waals surface area contributed by atoms with Gasteiger partial charge in [-0.15, -0.1) is 0 Å². The van der Waals surface area contributed by atoms with Crippen LogP contribution in [0, 0.1) is 11.3 Å². The zero-order valence-electron chi connectivity index (χ0n) is 18.4. The van der Waals surface area contributed by atoms with Gasteiger partial charge in [0.2, 0.25) is 0 Å². The zero-order chi connectivity index (χ0) is 25.6. The minimum Gasteiger partial charge on any atom is -0.475 e. The Kier molecular flexibility index (Phi) is 9.40. The maximum absolute atomic E-state index is 10.6. The van der Waals surface area contributed by atoms with Gasteiger partial charge in [0.05, 0.1) is 12.8 Å². The maximum atomic E-state index is 10.6. The van der Waals surface area contributed by atoms with E-state index in [1.54, 1.807) is 6.26 Å². The van der Waals surface area contributed by atoms with E-state index >= 15 is 0 Å². The number of aliphatic carboxylic acids is 2. The summed E-state index contributed by atoms with van der Waals surface area (Å²) in [6, 6.07) is 4.10. The number of piperidine rings is 1. The molecule has 3 fully saturated rings. The van der Waals surface area contributed by atoms with Crippen molar-refractivity contribution in [1.29, 1.82) is 0 Å². The fourth-order valence-corrected chi connectivity index (χ4v) is 4.25. The molecule has 2 N–H and O–H groups in total. The highest BCUT2D eigenvalue weighted by atomic mass is 19.4. The topological polar surface area (TPSA) is 94.2 Å². The van der Waals surface area contributed by atoms with Gasteiger partial charge >= 0.3 is 24.3 Å². The highest BCUT2D eigenvalue weighted by Gasteiger charge is 2.42. The van der Waals surface area contributed by atoms with Crippen molar-refractivity contribution in [2.24, 2.45) is 11.3 Å². The molecule has 2 aliphatic heterocycles. The SMILES string of the molecule is O=C(O)C(F)(F)F.O=C(O)C(F)(F)F.c1coc(CN2CCC3(CCCN(CC4CC4)C3)C2)c1.